The van der Waals surface area contributed by atoms with Crippen molar-refractivity contribution in [3.63, 3.8) is 0 Å². The summed E-state index contributed by atoms with van der Waals surface area (Å²) >= 11 is 0. The fraction of sp³-hybridized carbons (Fsp3) is 0.467. The Hall–Kier alpha value is -2.62. The molecular weight excluding hydrogens is 490 g/mol. The molecule has 0 spiro atoms. The lowest BCUT2D eigenvalue weighted by molar-refractivity contribution is -0.341. The molecule has 1 rings (SSSR count). The Labute approximate surface area is 168 Å². The number of allylic oxidation sites excluding steroid dienone is 2. The van der Waals surface area contributed by atoms with Crippen molar-refractivity contribution in [3.8, 4) is 5.75 Å². The third-order valence-electron chi connectivity index (χ3n) is 3.90. The van der Waals surface area contributed by atoms with Crippen molar-refractivity contribution in [2.75, 3.05) is 11.5 Å². The van der Waals surface area contributed by atoms with Crippen LogP contribution < -0.4 is 16.2 Å². The van der Waals surface area contributed by atoms with Crippen LogP contribution in [-0.2, 0) is 0 Å². The standard InChI is InChI=1S/C15H10F14N2O/c1-5(10(16,12(18,19)20)13(21,22)23)9(11(17,14(24,25)26)15(27,28)29)32-8-3-6(30)2-7(31)4-8/h2-4H,30-31H2,1H3/b9-5-. The lowest BCUT2D eigenvalue weighted by Crippen LogP contribution is -2.60. The molecule has 0 aliphatic rings. The van der Waals surface area contributed by atoms with Gasteiger partial charge in [0.05, 0.1) is 0 Å². The van der Waals surface area contributed by atoms with Gasteiger partial charge in [-0.05, 0) is 13.0 Å². The summed E-state index contributed by atoms with van der Waals surface area (Å²) in [5.41, 5.74) is -8.23. The molecule has 0 saturated heterocycles. The van der Waals surface area contributed by atoms with Crippen LogP contribution in [0, 0.1) is 0 Å². The minimum Gasteiger partial charge on any atom is -0.457 e. The van der Waals surface area contributed by atoms with Gasteiger partial charge in [-0.25, -0.2) is 8.78 Å². The second-order valence-electron chi connectivity index (χ2n) is 6.20. The smallest absolute Gasteiger partial charge is 0.439 e. The number of alkyl halides is 14. The molecule has 1 aromatic carbocycles. The number of rotatable bonds is 4. The number of ether oxygens (including phenoxy) is 1. The fourth-order valence-corrected chi connectivity index (χ4v) is 2.39. The molecule has 3 nitrogen and oxygen atoms in total. The lowest BCUT2D eigenvalue weighted by Gasteiger charge is -2.37. The first kappa shape index (κ1) is 27.4. The summed E-state index contributed by atoms with van der Waals surface area (Å²) in [7, 11) is 0. The van der Waals surface area contributed by atoms with Gasteiger partial charge in [0.15, 0.2) is 5.76 Å². The van der Waals surface area contributed by atoms with E-state index in [1.54, 1.807) is 0 Å². The average molecular weight is 500 g/mol. The second kappa shape index (κ2) is 7.75. The van der Waals surface area contributed by atoms with E-state index in [0.717, 1.165) is 6.07 Å². The molecule has 0 radical (unpaired) electrons. The van der Waals surface area contributed by atoms with E-state index in [2.05, 4.69) is 4.74 Å². The Morgan fingerprint density at radius 1 is 0.594 bits per heavy atom. The fourth-order valence-electron chi connectivity index (χ4n) is 2.39. The Balaban J connectivity index is 4.18. The molecule has 0 heterocycles. The minimum atomic E-state index is -7.26. The summed E-state index contributed by atoms with van der Waals surface area (Å²) < 4.78 is 189. The molecule has 17 heteroatoms. The summed E-state index contributed by atoms with van der Waals surface area (Å²) in [6.45, 7) is -0.780. The zero-order valence-electron chi connectivity index (χ0n) is 15.1. The highest BCUT2D eigenvalue weighted by Gasteiger charge is 2.80. The minimum absolute atomic E-state index is 0.290. The predicted molar refractivity (Wildman–Crippen MR) is 80.5 cm³/mol. The van der Waals surface area contributed by atoms with Crippen molar-refractivity contribution in [1.29, 1.82) is 0 Å². The van der Waals surface area contributed by atoms with Gasteiger partial charge in [0.25, 0.3) is 0 Å². The van der Waals surface area contributed by atoms with Crippen molar-refractivity contribution in [2.24, 2.45) is 0 Å². The highest BCUT2D eigenvalue weighted by Crippen LogP contribution is 2.57. The van der Waals surface area contributed by atoms with E-state index in [1.807, 2.05) is 0 Å². The third kappa shape index (κ3) is 4.46. The quantitative estimate of drug-likeness (QED) is 0.296. The van der Waals surface area contributed by atoms with Gasteiger partial charge in [-0.3, -0.25) is 0 Å². The molecule has 4 N–H and O–H groups in total. The van der Waals surface area contributed by atoms with Crippen LogP contribution in [-0.4, -0.2) is 36.0 Å². The summed E-state index contributed by atoms with van der Waals surface area (Å²) in [5, 5.41) is 0. The Kier molecular flexibility index (Phi) is 6.64. The van der Waals surface area contributed by atoms with Crippen LogP contribution >= 0.6 is 0 Å². The highest BCUT2D eigenvalue weighted by molar-refractivity contribution is 5.57. The molecule has 0 aliphatic heterocycles. The average Bonchev–Trinajstić information content (AvgIpc) is 2.52. The molecule has 0 aliphatic carbocycles. The number of nitrogens with two attached hydrogens (primary N) is 2. The number of halogens is 14. The number of hydrogen-bond donors (Lipinski definition) is 2. The van der Waals surface area contributed by atoms with E-state index in [-0.39, 0.29) is 12.1 Å². The van der Waals surface area contributed by atoms with Crippen LogP contribution in [0.3, 0.4) is 0 Å². The van der Waals surface area contributed by atoms with Gasteiger partial charge in [0.1, 0.15) is 5.75 Å². The van der Waals surface area contributed by atoms with Gasteiger partial charge in [-0.1, -0.05) is 0 Å². The first-order chi connectivity index (χ1) is 13.9. The maximum Gasteiger partial charge on any atom is 0.439 e. The van der Waals surface area contributed by atoms with E-state index in [1.165, 1.54) is 0 Å². The normalized spacial score (nSPS) is 15.5. The first-order valence-corrected chi connectivity index (χ1v) is 7.61. The predicted octanol–water partition coefficient (Wildman–Crippen LogP) is 6.17. The van der Waals surface area contributed by atoms with Crippen LogP contribution in [0.1, 0.15) is 6.92 Å². The molecule has 0 fully saturated rings. The largest absolute Gasteiger partial charge is 0.457 e. The van der Waals surface area contributed by atoms with Gasteiger partial charge in [0.2, 0.25) is 0 Å². The maximum atomic E-state index is 14.5. The molecule has 0 bridgehead atoms. The van der Waals surface area contributed by atoms with Crippen LogP contribution in [0.4, 0.5) is 72.8 Å². The third-order valence-corrected chi connectivity index (χ3v) is 3.90. The van der Waals surface area contributed by atoms with E-state index in [0.29, 0.717) is 0 Å². The summed E-state index contributed by atoms with van der Waals surface area (Å²) in [4.78, 5) is 0. The zero-order chi connectivity index (χ0) is 25.7. The topological polar surface area (TPSA) is 61.3 Å². The summed E-state index contributed by atoms with van der Waals surface area (Å²) in [6.07, 6.45) is -28.9. The molecular formula is C15H10F14N2O. The van der Waals surface area contributed by atoms with Crippen molar-refractivity contribution in [1.82, 2.24) is 0 Å². The van der Waals surface area contributed by atoms with Gasteiger partial charge in [-0.2, -0.15) is 52.7 Å². The molecule has 1 aromatic rings. The number of hydrogen-bond acceptors (Lipinski definition) is 3. The van der Waals surface area contributed by atoms with Gasteiger partial charge in [0, 0.05) is 29.1 Å². The van der Waals surface area contributed by atoms with Crippen molar-refractivity contribution >= 4 is 11.4 Å². The highest BCUT2D eigenvalue weighted by atomic mass is 19.4. The van der Waals surface area contributed by atoms with Crippen LogP contribution in [0.15, 0.2) is 29.5 Å². The van der Waals surface area contributed by atoms with Gasteiger partial charge >= 0.3 is 36.0 Å². The molecule has 0 aromatic heterocycles. The van der Waals surface area contributed by atoms with Crippen LogP contribution in [0.2, 0.25) is 0 Å². The van der Waals surface area contributed by atoms with E-state index in [9.17, 15) is 61.5 Å². The van der Waals surface area contributed by atoms with Crippen molar-refractivity contribution in [3.05, 3.63) is 29.5 Å². The zero-order valence-corrected chi connectivity index (χ0v) is 15.1. The lowest BCUT2D eigenvalue weighted by atomic mass is 9.88. The van der Waals surface area contributed by atoms with E-state index in [4.69, 9.17) is 11.5 Å². The van der Waals surface area contributed by atoms with Crippen molar-refractivity contribution in [2.45, 2.75) is 43.0 Å². The molecule has 0 saturated carbocycles. The number of benzene rings is 1. The Morgan fingerprint density at radius 3 is 1.19 bits per heavy atom. The SMILES string of the molecule is C/C(=C(/Oc1cc(N)cc(N)c1)C(F)(C(F)(F)F)C(F)(F)F)C(F)(C(F)(F)F)C(F)(F)F. The van der Waals surface area contributed by atoms with E-state index < -0.39 is 71.4 Å². The summed E-state index contributed by atoms with van der Waals surface area (Å²) in [5.74, 6) is -5.15. The molecule has 32 heavy (non-hydrogen) atoms. The van der Waals surface area contributed by atoms with Gasteiger partial charge < -0.3 is 16.2 Å². The Bertz CT molecular complexity index is 830. The summed E-state index contributed by atoms with van der Waals surface area (Å²) in [6, 6.07) is 1.37. The second-order valence-corrected chi connectivity index (χ2v) is 6.20. The molecule has 184 valence electrons. The van der Waals surface area contributed by atoms with Crippen LogP contribution in [0.25, 0.3) is 0 Å². The van der Waals surface area contributed by atoms with Crippen LogP contribution in [0.5, 0.6) is 5.75 Å². The first-order valence-electron chi connectivity index (χ1n) is 7.61. The molecule has 0 unspecified atom stereocenters. The maximum absolute atomic E-state index is 14.5. The number of nitrogen functional groups attached to an aromatic ring is 2. The number of anilines is 2. The molecule has 0 atom stereocenters. The van der Waals surface area contributed by atoms with Gasteiger partial charge in [-0.15, -0.1) is 0 Å². The monoisotopic (exact) mass is 500 g/mol. The Morgan fingerprint density at radius 2 is 0.906 bits per heavy atom. The van der Waals surface area contributed by atoms with E-state index >= 15 is 0 Å². The molecule has 0 amide bonds. The van der Waals surface area contributed by atoms with Crippen molar-refractivity contribution < 1.29 is 66.2 Å².